The number of anilines is 1. The molecule has 0 saturated heterocycles. The lowest BCUT2D eigenvalue weighted by Gasteiger charge is -2.16. The maximum atomic E-state index is 8.88. The van der Waals surface area contributed by atoms with Crippen molar-refractivity contribution in [3.05, 3.63) is 23.9 Å². The van der Waals surface area contributed by atoms with E-state index in [1.165, 1.54) is 0 Å². The maximum Gasteiger partial charge on any atom is 0.128 e. The summed E-state index contributed by atoms with van der Waals surface area (Å²) in [6.45, 7) is 0.659. The average molecular weight is 182 g/mol. The van der Waals surface area contributed by atoms with E-state index >= 15 is 0 Å². The highest BCUT2D eigenvalue weighted by Crippen LogP contribution is 2.10. The second-order valence-electron chi connectivity index (χ2n) is 2.83. The van der Waals surface area contributed by atoms with Gasteiger partial charge in [-0.25, -0.2) is 4.98 Å². The fourth-order valence-electron chi connectivity index (χ4n) is 1.03. The summed E-state index contributed by atoms with van der Waals surface area (Å²) in [5, 5.41) is 17.6. The van der Waals surface area contributed by atoms with Gasteiger partial charge in [0.2, 0.25) is 0 Å². The van der Waals surface area contributed by atoms with Gasteiger partial charge in [0.05, 0.1) is 13.2 Å². The summed E-state index contributed by atoms with van der Waals surface area (Å²) in [6, 6.07) is 3.56. The SMILES string of the molecule is CN(CCO)c1cc(CO)ccn1. The molecule has 1 aromatic heterocycles. The van der Waals surface area contributed by atoms with Crippen molar-refractivity contribution in [1.29, 1.82) is 0 Å². The Morgan fingerprint density at radius 3 is 2.85 bits per heavy atom. The van der Waals surface area contributed by atoms with Crippen LogP contribution in [0.25, 0.3) is 0 Å². The van der Waals surface area contributed by atoms with Gasteiger partial charge in [-0.3, -0.25) is 0 Å². The van der Waals surface area contributed by atoms with Crippen LogP contribution in [0, 0.1) is 0 Å². The Hall–Kier alpha value is -1.13. The number of pyridine rings is 1. The van der Waals surface area contributed by atoms with Crippen LogP contribution in [-0.4, -0.2) is 35.4 Å². The van der Waals surface area contributed by atoms with Crippen LogP contribution >= 0.6 is 0 Å². The molecule has 0 bridgehead atoms. The van der Waals surface area contributed by atoms with Gasteiger partial charge in [0.25, 0.3) is 0 Å². The number of likely N-dealkylation sites (N-methyl/N-ethyl adjacent to an activating group) is 1. The topological polar surface area (TPSA) is 56.6 Å². The molecule has 0 saturated carbocycles. The molecule has 0 aliphatic carbocycles. The Morgan fingerprint density at radius 1 is 1.46 bits per heavy atom. The molecular weight excluding hydrogens is 168 g/mol. The molecule has 0 fully saturated rings. The van der Waals surface area contributed by atoms with Crippen LogP contribution in [0.2, 0.25) is 0 Å². The van der Waals surface area contributed by atoms with Gasteiger partial charge in [0.1, 0.15) is 5.82 Å². The predicted molar refractivity (Wildman–Crippen MR) is 50.5 cm³/mol. The molecule has 2 N–H and O–H groups in total. The molecule has 0 unspecified atom stereocenters. The number of hydrogen-bond donors (Lipinski definition) is 2. The van der Waals surface area contributed by atoms with E-state index in [0.29, 0.717) is 6.54 Å². The van der Waals surface area contributed by atoms with Crippen LogP contribution in [0.1, 0.15) is 5.56 Å². The quantitative estimate of drug-likeness (QED) is 0.688. The second kappa shape index (κ2) is 4.79. The molecule has 0 radical (unpaired) electrons. The van der Waals surface area contributed by atoms with Gasteiger partial charge in [-0.2, -0.15) is 0 Å². The van der Waals surface area contributed by atoms with Crippen molar-refractivity contribution in [2.75, 3.05) is 25.1 Å². The van der Waals surface area contributed by atoms with Crippen LogP contribution in [0.15, 0.2) is 18.3 Å². The summed E-state index contributed by atoms with van der Waals surface area (Å²) in [5.41, 5.74) is 0.829. The lowest BCUT2D eigenvalue weighted by Crippen LogP contribution is -2.22. The summed E-state index contributed by atoms with van der Waals surface area (Å²) in [4.78, 5) is 5.94. The summed E-state index contributed by atoms with van der Waals surface area (Å²) in [5.74, 6) is 0.764. The zero-order valence-electron chi connectivity index (χ0n) is 7.64. The zero-order valence-corrected chi connectivity index (χ0v) is 7.64. The molecule has 0 aliphatic rings. The number of nitrogens with zero attached hydrogens (tertiary/aromatic N) is 2. The van der Waals surface area contributed by atoms with E-state index in [1.807, 2.05) is 11.9 Å². The van der Waals surface area contributed by atoms with Crippen molar-refractivity contribution in [3.8, 4) is 0 Å². The molecule has 0 amide bonds. The summed E-state index contributed by atoms with van der Waals surface area (Å²) >= 11 is 0. The molecule has 13 heavy (non-hydrogen) atoms. The number of rotatable bonds is 4. The fourth-order valence-corrected chi connectivity index (χ4v) is 1.03. The number of aromatic nitrogens is 1. The van der Waals surface area contributed by atoms with Gasteiger partial charge in [-0.15, -0.1) is 0 Å². The van der Waals surface area contributed by atoms with Crippen LogP contribution < -0.4 is 4.90 Å². The molecule has 4 nitrogen and oxygen atoms in total. The van der Waals surface area contributed by atoms with Crippen molar-refractivity contribution in [2.24, 2.45) is 0 Å². The number of aliphatic hydroxyl groups is 2. The van der Waals surface area contributed by atoms with E-state index < -0.39 is 0 Å². The smallest absolute Gasteiger partial charge is 0.128 e. The minimum atomic E-state index is 0.0164. The Morgan fingerprint density at radius 2 is 2.23 bits per heavy atom. The highest BCUT2D eigenvalue weighted by Gasteiger charge is 2.01. The van der Waals surface area contributed by atoms with Gasteiger partial charge in [0.15, 0.2) is 0 Å². The van der Waals surface area contributed by atoms with Gasteiger partial charge in [-0.05, 0) is 17.7 Å². The van der Waals surface area contributed by atoms with Crippen LogP contribution in [0.4, 0.5) is 5.82 Å². The zero-order chi connectivity index (χ0) is 9.68. The molecule has 72 valence electrons. The molecule has 1 heterocycles. The Balaban J connectivity index is 2.75. The number of hydrogen-bond acceptors (Lipinski definition) is 4. The first-order chi connectivity index (χ1) is 6.27. The monoisotopic (exact) mass is 182 g/mol. The third-order valence-corrected chi connectivity index (χ3v) is 1.82. The van der Waals surface area contributed by atoms with Crippen molar-refractivity contribution in [1.82, 2.24) is 4.98 Å². The second-order valence-corrected chi connectivity index (χ2v) is 2.83. The van der Waals surface area contributed by atoms with Crippen molar-refractivity contribution < 1.29 is 10.2 Å². The summed E-state index contributed by atoms with van der Waals surface area (Å²) < 4.78 is 0. The van der Waals surface area contributed by atoms with Crippen molar-refractivity contribution in [3.63, 3.8) is 0 Å². The first-order valence-corrected chi connectivity index (χ1v) is 4.15. The maximum absolute atomic E-state index is 8.88. The van der Waals surface area contributed by atoms with Gasteiger partial charge >= 0.3 is 0 Å². The predicted octanol–water partition coefficient (Wildman–Crippen LogP) is 0.00240. The molecule has 0 spiro atoms. The molecule has 4 heteroatoms. The highest BCUT2D eigenvalue weighted by molar-refractivity contribution is 5.39. The summed E-state index contributed by atoms with van der Waals surface area (Å²) in [6.07, 6.45) is 1.65. The third kappa shape index (κ3) is 2.68. The Kier molecular flexibility index (Phi) is 3.67. The van der Waals surface area contributed by atoms with E-state index in [9.17, 15) is 0 Å². The molecule has 0 aromatic carbocycles. The first-order valence-electron chi connectivity index (χ1n) is 4.15. The lowest BCUT2D eigenvalue weighted by molar-refractivity contribution is 0.281. The van der Waals surface area contributed by atoms with E-state index in [2.05, 4.69) is 4.98 Å². The third-order valence-electron chi connectivity index (χ3n) is 1.82. The first kappa shape index (κ1) is 9.95. The van der Waals surface area contributed by atoms with Crippen LogP contribution in [0.3, 0.4) is 0 Å². The standard InChI is InChI=1S/C9H14N2O2/c1-11(4-5-12)9-6-8(7-13)2-3-10-9/h2-3,6,12-13H,4-5,7H2,1H3. The van der Waals surface area contributed by atoms with Crippen LogP contribution in [0.5, 0.6) is 0 Å². The molecule has 0 atom stereocenters. The van der Waals surface area contributed by atoms with Gasteiger partial charge in [-0.1, -0.05) is 0 Å². The van der Waals surface area contributed by atoms with E-state index in [4.69, 9.17) is 10.2 Å². The highest BCUT2D eigenvalue weighted by atomic mass is 16.3. The van der Waals surface area contributed by atoms with E-state index in [-0.39, 0.29) is 13.2 Å². The van der Waals surface area contributed by atoms with Crippen molar-refractivity contribution in [2.45, 2.75) is 6.61 Å². The normalized spacial score (nSPS) is 10.1. The number of aliphatic hydroxyl groups excluding tert-OH is 2. The Bertz CT molecular complexity index is 266. The molecule has 1 aromatic rings. The van der Waals surface area contributed by atoms with E-state index in [0.717, 1.165) is 11.4 Å². The molecule has 1 rings (SSSR count). The van der Waals surface area contributed by atoms with E-state index in [1.54, 1.807) is 18.3 Å². The van der Waals surface area contributed by atoms with Crippen molar-refractivity contribution >= 4 is 5.82 Å². The molecule has 0 aliphatic heterocycles. The summed E-state index contributed by atoms with van der Waals surface area (Å²) in [7, 11) is 1.85. The van der Waals surface area contributed by atoms with Crippen LogP contribution in [-0.2, 0) is 6.61 Å². The van der Waals surface area contributed by atoms with Gasteiger partial charge < -0.3 is 15.1 Å². The molecular formula is C9H14N2O2. The Labute approximate surface area is 77.5 Å². The minimum Gasteiger partial charge on any atom is -0.395 e. The largest absolute Gasteiger partial charge is 0.395 e. The average Bonchev–Trinajstić information content (AvgIpc) is 2.18. The fraction of sp³-hybridized carbons (Fsp3) is 0.444. The lowest BCUT2D eigenvalue weighted by atomic mass is 10.3. The van der Waals surface area contributed by atoms with Gasteiger partial charge in [0, 0.05) is 19.8 Å². The minimum absolute atomic E-state index is 0.0164.